The molecule has 1 aromatic rings. The maximum atomic E-state index is 12.4. The molecule has 0 aromatic heterocycles. The molecule has 0 spiro atoms. The molecule has 8 heteroatoms. The topological polar surface area (TPSA) is 102 Å². The van der Waals surface area contributed by atoms with E-state index in [1.54, 1.807) is 24.0 Å². The number of carbonyl (C=O) groups excluding carboxylic acids is 1. The molecule has 0 saturated carbocycles. The third-order valence-electron chi connectivity index (χ3n) is 4.30. The van der Waals surface area contributed by atoms with Gasteiger partial charge in [0.05, 0.1) is 11.0 Å². The van der Waals surface area contributed by atoms with Gasteiger partial charge in [0.2, 0.25) is 0 Å². The molecule has 1 unspecified atom stereocenters. The number of nitro groups is 1. The van der Waals surface area contributed by atoms with Crippen molar-refractivity contribution in [2.75, 3.05) is 18.1 Å². The summed E-state index contributed by atoms with van der Waals surface area (Å²) in [5, 5.41) is 12.8. The van der Waals surface area contributed by atoms with Crippen LogP contribution >= 0.6 is 0 Å². The molecule has 1 atom stereocenters. The zero-order valence-corrected chi connectivity index (χ0v) is 15.9. The number of hydrogen-bond donors (Lipinski definition) is 1. The molecule has 0 radical (unpaired) electrons. The number of benzene rings is 1. The standard InChI is InChI=1S/C18H28N4O4/c1-13-8-9-15(16(11-13)22(24)25)21(19)14-7-5-6-10-20(12-14)17(23)26-18(2,3)4/h8-9,11,14H,5-7,10,12,19H2,1-4H3. The van der Waals surface area contributed by atoms with Crippen molar-refractivity contribution in [1.29, 1.82) is 0 Å². The van der Waals surface area contributed by atoms with Crippen LogP contribution in [-0.4, -0.2) is 40.6 Å². The van der Waals surface area contributed by atoms with Gasteiger partial charge in [-0.2, -0.15) is 0 Å². The molecule has 1 saturated heterocycles. The summed E-state index contributed by atoms with van der Waals surface area (Å²) in [6.07, 6.45) is 2.11. The SMILES string of the molecule is Cc1ccc(N(N)C2CCCCN(C(=O)OC(C)(C)C)C2)c([N+](=O)[O-])c1. The Bertz CT molecular complexity index is 672. The average Bonchev–Trinajstić information content (AvgIpc) is 2.78. The summed E-state index contributed by atoms with van der Waals surface area (Å²) in [6, 6.07) is 4.75. The van der Waals surface area contributed by atoms with Crippen LogP contribution in [0, 0.1) is 17.0 Å². The molecule has 1 aliphatic rings. The number of hydrazine groups is 1. The van der Waals surface area contributed by atoms with Gasteiger partial charge in [-0.05, 0) is 58.6 Å². The van der Waals surface area contributed by atoms with Crippen LogP contribution in [0.4, 0.5) is 16.2 Å². The predicted molar refractivity (Wildman–Crippen MR) is 99.9 cm³/mol. The van der Waals surface area contributed by atoms with E-state index in [1.165, 1.54) is 11.1 Å². The summed E-state index contributed by atoms with van der Waals surface area (Å²) in [6.45, 7) is 8.24. The lowest BCUT2D eigenvalue weighted by molar-refractivity contribution is -0.384. The van der Waals surface area contributed by atoms with E-state index in [4.69, 9.17) is 10.6 Å². The molecule has 26 heavy (non-hydrogen) atoms. The first-order chi connectivity index (χ1) is 12.1. The van der Waals surface area contributed by atoms with E-state index < -0.39 is 10.5 Å². The van der Waals surface area contributed by atoms with Gasteiger partial charge in [-0.1, -0.05) is 6.07 Å². The number of rotatable bonds is 3. The molecular weight excluding hydrogens is 336 g/mol. The first-order valence-corrected chi connectivity index (χ1v) is 8.85. The monoisotopic (exact) mass is 364 g/mol. The van der Waals surface area contributed by atoms with Crippen LogP contribution in [-0.2, 0) is 4.74 Å². The van der Waals surface area contributed by atoms with Crippen LogP contribution < -0.4 is 10.9 Å². The van der Waals surface area contributed by atoms with Crippen LogP contribution in [0.5, 0.6) is 0 Å². The van der Waals surface area contributed by atoms with Gasteiger partial charge >= 0.3 is 6.09 Å². The lowest BCUT2D eigenvalue weighted by Gasteiger charge is -2.32. The van der Waals surface area contributed by atoms with Crippen molar-refractivity contribution in [3.63, 3.8) is 0 Å². The highest BCUT2D eigenvalue weighted by Gasteiger charge is 2.30. The summed E-state index contributed by atoms with van der Waals surface area (Å²) >= 11 is 0. The van der Waals surface area contributed by atoms with E-state index in [0.29, 0.717) is 18.8 Å². The van der Waals surface area contributed by atoms with E-state index in [1.807, 2.05) is 20.8 Å². The lowest BCUT2D eigenvalue weighted by atomic mass is 10.1. The number of nitro benzene ring substituents is 1. The first-order valence-electron chi connectivity index (χ1n) is 8.85. The minimum Gasteiger partial charge on any atom is -0.444 e. The normalized spacial score (nSPS) is 18.2. The van der Waals surface area contributed by atoms with E-state index in [2.05, 4.69) is 0 Å². The largest absolute Gasteiger partial charge is 0.444 e. The van der Waals surface area contributed by atoms with Gasteiger partial charge in [-0.3, -0.25) is 15.1 Å². The van der Waals surface area contributed by atoms with Gasteiger partial charge < -0.3 is 9.64 Å². The highest BCUT2D eigenvalue weighted by atomic mass is 16.6. The molecule has 2 rings (SSSR count). The quantitative estimate of drug-likeness (QED) is 0.501. The predicted octanol–water partition coefficient (Wildman–Crippen LogP) is 3.37. The van der Waals surface area contributed by atoms with E-state index in [0.717, 1.165) is 24.8 Å². The smallest absolute Gasteiger partial charge is 0.410 e. The maximum Gasteiger partial charge on any atom is 0.410 e. The number of carbonyl (C=O) groups is 1. The number of nitrogens with zero attached hydrogens (tertiary/aromatic N) is 3. The fraction of sp³-hybridized carbons (Fsp3) is 0.611. The number of hydrogen-bond acceptors (Lipinski definition) is 6. The van der Waals surface area contributed by atoms with Gasteiger partial charge in [0, 0.05) is 19.2 Å². The van der Waals surface area contributed by atoms with Crippen molar-refractivity contribution >= 4 is 17.5 Å². The van der Waals surface area contributed by atoms with Crippen molar-refractivity contribution in [3.8, 4) is 0 Å². The van der Waals surface area contributed by atoms with Gasteiger partial charge in [0.25, 0.3) is 5.69 Å². The number of aryl methyl sites for hydroxylation is 1. The minimum atomic E-state index is -0.572. The zero-order chi connectivity index (χ0) is 19.5. The van der Waals surface area contributed by atoms with Gasteiger partial charge in [-0.25, -0.2) is 10.6 Å². The molecule has 1 aromatic carbocycles. The molecule has 0 aliphatic carbocycles. The Hall–Kier alpha value is -2.35. The summed E-state index contributed by atoms with van der Waals surface area (Å²) < 4.78 is 5.46. The van der Waals surface area contributed by atoms with Crippen LogP contribution in [0.3, 0.4) is 0 Å². The van der Waals surface area contributed by atoms with E-state index in [9.17, 15) is 14.9 Å². The molecule has 8 nitrogen and oxygen atoms in total. The summed E-state index contributed by atoms with van der Waals surface area (Å²) in [4.78, 5) is 25.0. The van der Waals surface area contributed by atoms with E-state index in [-0.39, 0.29) is 17.8 Å². The van der Waals surface area contributed by atoms with Gasteiger partial charge in [-0.15, -0.1) is 0 Å². The molecule has 1 heterocycles. The van der Waals surface area contributed by atoms with Gasteiger partial charge in [0.1, 0.15) is 11.3 Å². The first kappa shape index (κ1) is 20.0. The van der Waals surface area contributed by atoms with Crippen LogP contribution in [0.25, 0.3) is 0 Å². The average molecular weight is 364 g/mol. The van der Waals surface area contributed by atoms with Crippen LogP contribution in [0.2, 0.25) is 0 Å². The molecular formula is C18H28N4O4. The van der Waals surface area contributed by atoms with Crippen LogP contribution in [0.1, 0.15) is 45.6 Å². The Kier molecular flexibility index (Phi) is 6.07. The molecule has 1 amide bonds. The summed E-state index contributed by atoms with van der Waals surface area (Å²) in [7, 11) is 0. The molecule has 1 aliphatic heterocycles. The van der Waals surface area contributed by atoms with Gasteiger partial charge in [0.15, 0.2) is 0 Å². The second-order valence-electron chi connectivity index (χ2n) is 7.73. The third kappa shape index (κ3) is 5.08. The highest BCUT2D eigenvalue weighted by Crippen LogP contribution is 2.30. The molecule has 2 N–H and O–H groups in total. The fourth-order valence-electron chi connectivity index (χ4n) is 3.03. The Balaban J connectivity index is 2.21. The number of amides is 1. The Labute approximate surface area is 154 Å². The Morgan fingerprint density at radius 3 is 2.69 bits per heavy atom. The lowest BCUT2D eigenvalue weighted by Crippen LogP contribution is -2.49. The second-order valence-corrected chi connectivity index (χ2v) is 7.73. The number of ether oxygens (including phenoxy) is 1. The zero-order valence-electron chi connectivity index (χ0n) is 15.9. The summed E-state index contributed by atoms with van der Waals surface area (Å²) in [5.74, 6) is 6.27. The Morgan fingerprint density at radius 2 is 2.08 bits per heavy atom. The molecule has 0 bridgehead atoms. The van der Waals surface area contributed by atoms with Crippen molar-refractivity contribution in [3.05, 3.63) is 33.9 Å². The van der Waals surface area contributed by atoms with Crippen molar-refractivity contribution < 1.29 is 14.5 Å². The van der Waals surface area contributed by atoms with Crippen molar-refractivity contribution in [2.45, 2.75) is 58.6 Å². The maximum absolute atomic E-state index is 12.4. The van der Waals surface area contributed by atoms with Crippen LogP contribution in [0.15, 0.2) is 18.2 Å². The van der Waals surface area contributed by atoms with E-state index >= 15 is 0 Å². The third-order valence-corrected chi connectivity index (χ3v) is 4.30. The number of likely N-dealkylation sites (tertiary alicyclic amines) is 1. The Morgan fingerprint density at radius 1 is 1.38 bits per heavy atom. The minimum absolute atomic E-state index is 0.0273. The highest BCUT2D eigenvalue weighted by molar-refractivity contribution is 5.69. The molecule has 144 valence electrons. The number of anilines is 1. The fourth-order valence-corrected chi connectivity index (χ4v) is 3.03. The van der Waals surface area contributed by atoms with Crippen molar-refractivity contribution in [1.82, 2.24) is 4.90 Å². The number of nitrogens with two attached hydrogens (primary N) is 1. The second kappa shape index (κ2) is 7.90. The summed E-state index contributed by atoms with van der Waals surface area (Å²) in [5.41, 5.74) is 0.555. The van der Waals surface area contributed by atoms with Crippen molar-refractivity contribution in [2.24, 2.45) is 5.84 Å². The molecule has 1 fully saturated rings.